The minimum atomic E-state index is 0.123. The molecule has 0 atom stereocenters. The van der Waals surface area contributed by atoms with E-state index in [0.29, 0.717) is 49.2 Å². The number of hydrogen-bond acceptors (Lipinski definition) is 4. The van der Waals surface area contributed by atoms with Crippen molar-refractivity contribution in [1.82, 2.24) is 4.98 Å². The molecule has 31 heavy (non-hydrogen) atoms. The summed E-state index contributed by atoms with van der Waals surface area (Å²) in [7, 11) is 1.54. The van der Waals surface area contributed by atoms with Gasteiger partial charge in [0.15, 0.2) is 5.76 Å². The first kappa shape index (κ1) is 21.6. The minimum Gasteiger partial charge on any atom is -0.485 e. The van der Waals surface area contributed by atoms with Crippen LogP contribution in [0.25, 0.3) is 11.1 Å². The van der Waals surface area contributed by atoms with Gasteiger partial charge in [-0.2, -0.15) is 5.26 Å². The number of hydrogen-bond donors (Lipinski definition) is 1. The summed E-state index contributed by atoms with van der Waals surface area (Å²) in [4.78, 5) is 7.73. The average molecular weight is 493 g/mol. The maximum Gasteiger partial charge on any atom is 0.213 e. The molecule has 0 saturated carbocycles. The zero-order chi connectivity index (χ0) is 22.1. The van der Waals surface area contributed by atoms with Gasteiger partial charge in [-0.05, 0) is 30.3 Å². The van der Waals surface area contributed by atoms with E-state index >= 15 is 0 Å². The fraction of sp³-hybridized carbons (Fsp3) is 0.0909. The highest BCUT2D eigenvalue weighted by molar-refractivity contribution is 6.41. The number of rotatable bonds is 3. The van der Waals surface area contributed by atoms with E-state index < -0.39 is 0 Å². The molecule has 0 fully saturated rings. The van der Waals surface area contributed by atoms with E-state index in [1.54, 1.807) is 42.5 Å². The van der Waals surface area contributed by atoms with Crippen molar-refractivity contribution in [1.29, 1.82) is 5.26 Å². The van der Waals surface area contributed by atoms with Gasteiger partial charge in [0.25, 0.3) is 0 Å². The number of aromatic nitrogens is 1. The lowest BCUT2D eigenvalue weighted by atomic mass is 10.0. The number of ether oxygens (including phenoxy) is 2. The van der Waals surface area contributed by atoms with Gasteiger partial charge in [-0.1, -0.05) is 52.5 Å². The lowest BCUT2D eigenvalue weighted by Crippen LogP contribution is -1.97. The maximum atomic E-state index is 9.74. The molecule has 2 aliphatic rings. The fourth-order valence-corrected chi connectivity index (χ4v) is 4.15. The summed E-state index contributed by atoms with van der Waals surface area (Å²) in [5, 5.41) is 11.2. The molecule has 1 N–H and O–H groups in total. The van der Waals surface area contributed by atoms with Crippen LogP contribution >= 0.6 is 46.4 Å². The fourth-order valence-electron chi connectivity index (χ4n) is 3.22. The Morgan fingerprint density at radius 3 is 2.39 bits per heavy atom. The minimum absolute atomic E-state index is 0.123. The third-order valence-corrected chi connectivity index (χ3v) is 6.06. The monoisotopic (exact) mass is 491 g/mol. The summed E-state index contributed by atoms with van der Waals surface area (Å²) in [5.74, 6) is 0.682. The van der Waals surface area contributed by atoms with Crippen molar-refractivity contribution in [3.8, 4) is 6.07 Å². The van der Waals surface area contributed by atoms with Crippen molar-refractivity contribution >= 4 is 63.4 Å². The van der Waals surface area contributed by atoms with Crippen molar-refractivity contribution in [3.05, 3.63) is 91.0 Å². The van der Waals surface area contributed by atoms with Gasteiger partial charge in [-0.25, -0.2) is 4.99 Å². The molecule has 9 heteroatoms. The Labute approximate surface area is 198 Å². The van der Waals surface area contributed by atoms with Crippen molar-refractivity contribution in [2.45, 2.75) is 0 Å². The molecule has 0 spiro atoms. The Kier molecular flexibility index (Phi) is 6.17. The Balaban J connectivity index is 1.91. The molecule has 0 unspecified atom stereocenters. The summed E-state index contributed by atoms with van der Waals surface area (Å²) in [6.45, 7) is 0.123. The summed E-state index contributed by atoms with van der Waals surface area (Å²) >= 11 is 25.2. The molecule has 0 amide bonds. The third kappa shape index (κ3) is 4.00. The normalized spacial score (nSPS) is 18.6. The topological polar surface area (TPSA) is 70.4 Å². The van der Waals surface area contributed by atoms with Gasteiger partial charge in [0, 0.05) is 22.9 Å². The van der Waals surface area contributed by atoms with Crippen LogP contribution in [0.4, 0.5) is 0 Å². The highest BCUT2D eigenvalue weighted by Gasteiger charge is 2.26. The smallest absolute Gasteiger partial charge is 0.213 e. The van der Waals surface area contributed by atoms with E-state index in [0.717, 1.165) is 0 Å². The first-order valence-corrected chi connectivity index (χ1v) is 10.5. The van der Waals surface area contributed by atoms with Crippen LogP contribution in [-0.2, 0) is 9.47 Å². The summed E-state index contributed by atoms with van der Waals surface area (Å²) in [6, 6.07) is 10.9. The second kappa shape index (κ2) is 8.86. The SMILES string of the molecule is COC1=N/C(=C(\c2ccc(/C(C#N)=C3/OCC(Cl)=C3Cl)[nH]2)c2c(Cl)cccc2Cl)C=C1. The lowest BCUT2D eigenvalue weighted by molar-refractivity contribution is 0.278. The van der Waals surface area contributed by atoms with Crippen LogP contribution < -0.4 is 0 Å². The Hall–Kier alpha value is -2.62. The van der Waals surface area contributed by atoms with Crippen LogP contribution in [-0.4, -0.2) is 24.6 Å². The predicted molar refractivity (Wildman–Crippen MR) is 124 cm³/mol. The number of aliphatic imine (C=N–C) groups is 1. The molecular formula is C22H13Cl4N3O2. The molecule has 5 nitrogen and oxygen atoms in total. The number of halogens is 4. The molecule has 2 aromatic rings. The largest absolute Gasteiger partial charge is 0.485 e. The second-order valence-electron chi connectivity index (χ2n) is 6.45. The molecule has 3 heterocycles. The Bertz CT molecular complexity index is 1260. The van der Waals surface area contributed by atoms with Crippen LogP contribution in [0.2, 0.25) is 10.0 Å². The number of nitrogens with zero attached hydrogens (tertiary/aromatic N) is 2. The van der Waals surface area contributed by atoms with Gasteiger partial charge < -0.3 is 14.5 Å². The van der Waals surface area contributed by atoms with Gasteiger partial charge >= 0.3 is 0 Å². The first-order valence-electron chi connectivity index (χ1n) is 8.95. The molecule has 0 saturated heterocycles. The standard InChI is InChI=1S/C22H13Cl4N3O2/c1-30-18-8-7-17(29-18)20(19-12(23)3-2-4-13(19)24)16-6-5-15(28-16)11(9-27)22-21(26)14(25)10-31-22/h2-8,28H,10H2,1H3/b20-17+,22-11+. The molecule has 1 aromatic carbocycles. The highest BCUT2D eigenvalue weighted by atomic mass is 35.5. The van der Waals surface area contributed by atoms with Crippen molar-refractivity contribution in [2.24, 2.45) is 4.99 Å². The van der Waals surface area contributed by atoms with Gasteiger partial charge in [0.1, 0.15) is 23.3 Å². The quantitative estimate of drug-likeness (QED) is 0.487. The summed E-state index contributed by atoms with van der Waals surface area (Å²) in [6.07, 6.45) is 3.54. The van der Waals surface area contributed by atoms with Crippen LogP contribution in [0.3, 0.4) is 0 Å². The van der Waals surface area contributed by atoms with Gasteiger partial charge in [-0.3, -0.25) is 0 Å². The zero-order valence-corrected chi connectivity index (χ0v) is 19.0. The Morgan fingerprint density at radius 2 is 1.81 bits per heavy atom. The van der Waals surface area contributed by atoms with E-state index in [1.165, 1.54) is 7.11 Å². The molecule has 0 aliphatic carbocycles. The predicted octanol–water partition coefficient (Wildman–Crippen LogP) is 6.65. The van der Waals surface area contributed by atoms with E-state index in [9.17, 15) is 5.26 Å². The summed E-state index contributed by atoms with van der Waals surface area (Å²) in [5.41, 5.74) is 3.22. The number of nitriles is 1. The third-order valence-electron chi connectivity index (χ3n) is 4.64. The van der Waals surface area contributed by atoms with Crippen molar-refractivity contribution in [3.63, 3.8) is 0 Å². The number of nitrogens with one attached hydrogen (secondary N) is 1. The molecule has 4 rings (SSSR count). The van der Waals surface area contributed by atoms with Crippen molar-refractivity contribution in [2.75, 3.05) is 13.7 Å². The number of methoxy groups -OCH3 is 1. The van der Waals surface area contributed by atoms with Crippen LogP contribution in [0, 0.1) is 11.3 Å². The molecule has 0 bridgehead atoms. The van der Waals surface area contributed by atoms with Gasteiger partial charge in [-0.15, -0.1) is 0 Å². The number of aromatic amines is 1. The van der Waals surface area contributed by atoms with Crippen LogP contribution in [0.15, 0.2) is 69.0 Å². The lowest BCUT2D eigenvalue weighted by Gasteiger charge is -2.12. The summed E-state index contributed by atoms with van der Waals surface area (Å²) < 4.78 is 10.7. The van der Waals surface area contributed by atoms with E-state index in [2.05, 4.69) is 16.0 Å². The molecular weight excluding hydrogens is 480 g/mol. The molecule has 2 aliphatic heterocycles. The molecule has 0 radical (unpaired) electrons. The van der Waals surface area contributed by atoms with Crippen LogP contribution in [0.5, 0.6) is 0 Å². The maximum absolute atomic E-state index is 9.74. The first-order chi connectivity index (χ1) is 14.9. The van der Waals surface area contributed by atoms with Crippen LogP contribution in [0.1, 0.15) is 17.0 Å². The van der Waals surface area contributed by atoms with Gasteiger partial charge in [0.05, 0.1) is 33.6 Å². The zero-order valence-electron chi connectivity index (χ0n) is 16.0. The van der Waals surface area contributed by atoms with Crippen molar-refractivity contribution < 1.29 is 9.47 Å². The van der Waals surface area contributed by atoms with E-state index in [-0.39, 0.29) is 23.0 Å². The van der Waals surface area contributed by atoms with Gasteiger partial charge in [0.2, 0.25) is 5.90 Å². The molecule has 156 valence electrons. The average Bonchev–Trinajstić information content (AvgIpc) is 3.49. The van der Waals surface area contributed by atoms with E-state index in [1.807, 2.05) is 0 Å². The highest BCUT2D eigenvalue weighted by Crippen LogP contribution is 2.40. The van der Waals surface area contributed by atoms with E-state index in [4.69, 9.17) is 55.9 Å². The Morgan fingerprint density at radius 1 is 1.10 bits per heavy atom. The number of allylic oxidation sites excluding steroid dienone is 3. The molecule has 1 aromatic heterocycles. The number of H-pyrrole nitrogens is 1. The second-order valence-corrected chi connectivity index (χ2v) is 8.10. The number of benzene rings is 1.